The molecule has 3 N–H and O–H groups in total. The zero-order valence-electron chi connectivity index (χ0n) is 11.8. The standard InChI is InChI=1S/C15H21N5/c1-11-17-15(20-19-11)12-4-2-5-14(10-12)18-13-6-3-8-16-9-7-13/h2,4-5,10,13,16,18H,3,6-9H2,1H3,(H,17,19,20). The largest absolute Gasteiger partial charge is 0.382 e. The van der Waals surface area contributed by atoms with Crippen LogP contribution in [-0.2, 0) is 0 Å². The smallest absolute Gasteiger partial charge is 0.181 e. The molecule has 1 aromatic carbocycles. The Morgan fingerprint density at radius 2 is 2.20 bits per heavy atom. The number of aryl methyl sites for hydroxylation is 1. The molecule has 1 aliphatic rings. The number of benzene rings is 1. The molecule has 1 aliphatic heterocycles. The van der Waals surface area contributed by atoms with Crippen molar-refractivity contribution in [2.75, 3.05) is 18.4 Å². The lowest BCUT2D eigenvalue weighted by molar-refractivity contribution is 0.637. The SMILES string of the molecule is Cc1nc(-c2cccc(NC3CCCNCC3)c2)n[nH]1. The Labute approximate surface area is 119 Å². The number of hydrogen-bond acceptors (Lipinski definition) is 4. The van der Waals surface area contributed by atoms with Crippen LogP contribution in [0.5, 0.6) is 0 Å². The molecule has 1 atom stereocenters. The van der Waals surface area contributed by atoms with Crippen LogP contribution < -0.4 is 10.6 Å². The Hall–Kier alpha value is -1.88. The topological polar surface area (TPSA) is 65.6 Å². The van der Waals surface area contributed by atoms with Gasteiger partial charge in [0, 0.05) is 17.3 Å². The van der Waals surface area contributed by atoms with E-state index in [2.05, 4.69) is 44.0 Å². The first-order chi connectivity index (χ1) is 9.81. The van der Waals surface area contributed by atoms with Gasteiger partial charge < -0.3 is 10.6 Å². The van der Waals surface area contributed by atoms with Crippen LogP contribution in [0.15, 0.2) is 24.3 Å². The molecule has 0 spiro atoms. The molecule has 0 radical (unpaired) electrons. The normalized spacial score (nSPS) is 19.6. The van der Waals surface area contributed by atoms with Crippen LogP contribution in [0.3, 0.4) is 0 Å². The molecule has 1 unspecified atom stereocenters. The van der Waals surface area contributed by atoms with E-state index in [1.807, 2.05) is 13.0 Å². The molecule has 5 heteroatoms. The highest BCUT2D eigenvalue weighted by Crippen LogP contribution is 2.21. The van der Waals surface area contributed by atoms with Gasteiger partial charge in [-0.3, -0.25) is 5.10 Å². The lowest BCUT2D eigenvalue weighted by Gasteiger charge is -2.17. The molecule has 5 nitrogen and oxygen atoms in total. The molecule has 1 aromatic heterocycles. The summed E-state index contributed by atoms with van der Waals surface area (Å²) in [5.41, 5.74) is 2.20. The maximum absolute atomic E-state index is 4.38. The van der Waals surface area contributed by atoms with Gasteiger partial charge in [0.2, 0.25) is 0 Å². The Morgan fingerprint density at radius 3 is 3.05 bits per heavy atom. The van der Waals surface area contributed by atoms with Gasteiger partial charge in [-0.15, -0.1) is 0 Å². The molecular formula is C15H21N5. The van der Waals surface area contributed by atoms with Gasteiger partial charge >= 0.3 is 0 Å². The van der Waals surface area contributed by atoms with Gasteiger partial charge in [0.25, 0.3) is 0 Å². The van der Waals surface area contributed by atoms with Crippen molar-refractivity contribution in [3.8, 4) is 11.4 Å². The third kappa shape index (κ3) is 3.17. The molecule has 3 rings (SSSR count). The number of hydrogen-bond donors (Lipinski definition) is 3. The van der Waals surface area contributed by atoms with Crippen molar-refractivity contribution in [1.82, 2.24) is 20.5 Å². The highest BCUT2D eigenvalue weighted by atomic mass is 15.2. The number of aromatic nitrogens is 3. The number of rotatable bonds is 3. The van der Waals surface area contributed by atoms with E-state index < -0.39 is 0 Å². The summed E-state index contributed by atoms with van der Waals surface area (Å²) in [7, 11) is 0. The summed E-state index contributed by atoms with van der Waals surface area (Å²) in [5.74, 6) is 1.60. The minimum absolute atomic E-state index is 0.550. The summed E-state index contributed by atoms with van der Waals surface area (Å²) in [4.78, 5) is 4.38. The predicted molar refractivity (Wildman–Crippen MR) is 80.7 cm³/mol. The molecule has 2 heterocycles. The van der Waals surface area contributed by atoms with E-state index in [1.54, 1.807) is 0 Å². The van der Waals surface area contributed by atoms with Crippen molar-refractivity contribution < 1.29 is 0 Å². The van der Waals surface area contributed by atoms with Gasteiger partial charge in [0.05, 0.1) is 0 Å². The zero-order chi connectivity index (χ0) is 13.8. The number of H-pyrrole nitrogens is 1. The second-order valence-electron chi connectivity index (χ2n) is 5.35. The van der Waals surface area contributed by atoms with Crippen molar-refractivity contribution >= 4 is 5.69 Å². The van der Waals surface area contributed by atoms with E-state index >= 15 is 0 Å². The number of aromatic amines is 1. The van der Waals surface area contributed by atoms with E-state index in [0.29, 0.717) is 6.04 Å². The maximum Gasteiger partial charge on any atom is 0.181 e. The van der Waals surface area contributed by atoms with E-state index in [0.717, 1.165) is 36.0 Å². The summed E-state index contributed by atoms with van der Waals surface area (Å²) in [6, 6.07) is 8.89. The van der Waals surface area contributed by atoms with Gasteiger partial charge in [-0.05, 0) is 51.4 Å². The first kappa shape index (κ1) is 13.1. The van der Waals surface area contributed by atoms with Gasteiger partial charge in [0.1, 0.15) is 5.82 Å². The Balaban J connectivity index is 1.73. The minimum atomic E-state index is 0.550. The molecule has 0 aliphatic carbocycles. The van der Waals surface area contributed by atoms with E-state index in [1.165, 1.54) is 19.3 Å². The fraction of sp³-hybridized carbons (Fsp3) is 0.467. The quantitative estimate of drug-likeness (QED) is 0.801. The molecule has 20 heavy (non-hydrogen) atoms. The summed E-state index contributed by atoms with van der Waals surface area (Å²) in [5, 5.41) is 14.2. The van der Waals surface area contributed by atoms with Gasteiger partial charge in [-0.2, -0.15) is 5.10 Å². The second kappa shape index (κ2) is 6.05. The van der Waals surface area contributed by atoms with Crippen LogP contribution in [0.1, 0.15) is 25.1 Å². The lowest BCUT2D eigenvalue weighted by Crippen LogP contribution is -2.21. The van der Waals surface area contributed by atoms with Gasteiger partial charge in [0.15, 0.2) is 5.82 Å². The van der Waals surface area contributed by atoms with E-state index in [-0.39, 0.29) is 0 Å². The van der Waals surface area contributed by atoms with Crippen molar-refractivity contribution in [3.63, 3.8) is 0 Å². The van der Waals surface area contributed by atoms with Crippen molar-refractivity contribution in [3.05, 3.63) is 30.1 Å². The maximum atomic E-state index is 4.38. The van der Waals surface area contributed by atoms with Gasteiger partial charge in [-0.25, -0.2) is 4.98 Å². The Kier molecular flexibility index (Phi) is 3.97. The lowest BCUT2D eigenvalue weighted by atomic mass is 10.1. The van der Waals surface area contributed by atoms with Crippen LogP contribution in [0, 0.1) is 6.92 Å². The average molecular weight is 271 g/mol. The summed E-state index contributed by atoms with van der Waals surface area (Å²) in [6.07, 6.45) is 3.62. The molecular weight excluding hydrogens is 250 g/mol. The second-order valence-corrected chi connectivity index (χ2v) is 5.35. The summed E-state index contributed by atoms with van der Waals surface area (Å²) >= 11 is 0. The molecule has 1 fully saturated rings. The molecule has 0 bridgehead atoms. The average Bonchev–Trinajstić information content (AvgIpc) is 2.73. The fourth-order valence-electron chi connectivity index (χ4n) is 2.62. The van der Waals surface area contributed by atoms with E-state index in [9.17, 15) is 0 Å². The molecule has 1 saturated heterocycles. The Bertz CT molecular complexity index is 555. The van der Waals surface area contributed by atoms with Crippen molar-refractivity contribution in [2.45, 2.75) is 32.2 Å². The molecule has 0 saturated carbocycles. The van der Waals surface area contributed by atoms with Crippen LogP contribution in [-0.4, -0.2) is 34.3 Å². The highest BCUT2D eigenvalue weighted by Gasteiger charge is 2.12. The fourth-order valence-corrected chi connectivity index (χ4v) is 2.62. The van der Waals surface area contributed by atoms with Crippen molar-refractivity contribution in [1.29, 1.82) is 0 Å². The first-order valence-corrected chi connectivity index (χ1v) is 7.28. The van der Waals surface area contributed by atoms with Crippen LogP contribution in [0.25, 0.3) is 11.4 Å². The molecule has 2 aromatic rings. The summed E-state index contributed by atoms with van der Waals surface area (Å²) in [6.45, 7) is 4.14. The zero-order valence-corrected chi connectivity index (χ0v) is 11.8. The minimum Gasteiger partial charge on any atom is -0.382 e. The monoisotopic (exact) mass is 271 g/mol. The van der Waals surface area contributed by atoms with Crippen LogP contribution >= 0.6 is 0 Å². The van der Waals surface area contributed by atoms with Gasteiger partial charge in [-0.1, -0.05) is 12.1 Å². The van der Waals surface area contributed by atoms with Crippen LogP contribution in [0.2, 0.25) is 0 Å². The number of nitrogens with one attached hydrogen (secondary N) is 3. The number of anilines is 1. The molecule has 106 valence electrons. The first-order valence-electron chi connectivity index (χ1n) is 7.28. The van der Waals surface area contributed by atoms with E-state index in [4.69, 9.17) is 0 Å². The third-order valence-electron chi connectivity index (χ3n) is 3.66. The number of nitrogens with zero attached hydrogens (tertiary/aromatic N) is 2. The van der Waals surface area contributed by atoms with Crippen molar-refractivity contribution in [2.24, 2.45) is 0 Å². The van der Waals surface area contributed by atoms with Crippen LogP contribution in [0.4, 0.5) is 5.69 Å². The highest BCUT2D eigenvalue weighted by molar-refractivity contribution is 5.62. The predicted octanol–water partition coefficient (Wildman–Crippen LogP) is 2.33. The summed E-state index contributed by atoms with van der Waals surface area (Å²) < 4.78 is 0. The Morgan fingerprint density at radius 1 is 1.25 bits per heavy atom. The third-order valence-corrected chi connectivity index (χ3v) is 3.66. The molecule has 0 amide bonds.